The van der Waals surface area contributed by atoms with Crippen LogP contribution in [0.4, 0.5) is 5.69 Å². The van der Waals surface area contributed by atoms with Crippen molar-refractivity contribution in [3.63, 3.8) is 0 Å². The highest BCUT2D eigenvalue weighted by Gasteiger charge is 2.18. The van der Waals surface area contributed by atoms with E-state index < -0.39 is 18.5 Å². The highest BCUT2D eigenvalue weighted by Crippen LogP contribution is 2.25. The third-order valence-corrected chi connectivity index (χ3v) is 5.67. The molecular formula is C25H26N6O3. The molecule has 9 nitrogen and oxygen atoms in total. The molecule has 0 aliphatic rings. The molecule has 34 heavy (non-hydrogen) atoms. The summed E-state index contributed by atoms with van der Waals surface area (Å²) < 4.78 is 7.00. The molecule has 0 aliphatic heterocycles. The number of aromatic amines is 1. The number of carbonyl (C=O) groups excluding carboxylic acids is 2. The molecule has 4 rings (SSSR count). The van der Waals surface area contributed by atoms with Gasteiger partial charge in [0.25, 0.3) is 5.91 Å². The van der Waals surface area contributed by atoms with Gasteiger partial charge in [0.15, 0.2) is 6.61 Å². The number of aryl methyl sites for hydroxylation is 2. The molecule has 0 aliphatic carbocycles. The van der Waals surface area contributed by atoms with E-state index in [1.165, 1.54) is 0 Å². The molecule has 0 saturated carbocycles. The summed E-state index contributed by atoms with van der Waals surface area (Å²) in [4.78, 5) is 28.2. The van der Waals surface area contributed by atoms with Crippen molar-refractivity contribution in [2.24, 2.45) is 5.73 Å². The first-order chi connectivity index (χ1) is 16.2. The molecule has 4 aromatic rings. The van der Waals surface area contributed by atoms with Crippen molar-refractivity contribution >= 4 is 34.3 Å². The summed E-state index contributed by atoms with van der Waals surface area (Å²) in [5.41, 5.74) is 11.5. The fourth-order valence-corrected chi connectivity index (χ4v) is 3.95. The van der Waals surface area contributed by atoms with Crippen molar-refractivity contribution in [1.82, 2.24) is 14.8 Å². The molecule has 174 valence electrons. The Balaban J connectivity index is 1.40. The summed E-state index contributed by atoms with van der Waals surface area (Å²) in [6.07, 6.45) is 0.0164. The molecule has 0 bridgehead atoms. The molecule has 0 saturated heterocycles. The minimum atomic E-state index is -0.511. The summed E-state index contributed by atoms with van der Waals surface area (Å²) in [6.45, 7) is 5.14. The summed E-state index contributed by atoms with van der Waals surface area (Å²) in [6, 6.07) is 14.9. The zero-order chi connectivity index (χ0) is 24.4. The predicted octanol–water partition coefficient (Wildman–Crippen LogP) is 3.29. The van der Waals surface area contributed by atoms with E-state index in [1.54, 1.807) is 16.8 Å². The number of amides is 1. The number of ether oxygens (including phenoxy) is 1. The third kappa shape index (κ3) is 4.54. The predicted molar refractivity (Wildman–Crippen MR) is 130 cm³/mol. The molecule has 0 unspecified atom stereocenters. The normalized spacial score (nSPS) is 10.9. The lowest BCUT2D eigenvalue weighted by Gasteiger charge is -2.08. The van der Waals surface area contributed by atoms with E-state index in [2.05, 4.69) is 15.4 Å². The maximum Gasteiger partial charge on any atom is 0.310 e. The van der Waals surface area contributed by atoms with E-state index in [0.717, 1.165) is 33.5 Å². The second kappa shape index (κ2) is 9.22. The number of fused-ring (bicyclic) bond motifs is 1. The number of amidine groups is 1. The lowest BCUT2D eigenvalue weighted by atomic mass is 10.1. The van der Waals surface area contributed by atoms with E-state index in [1.807, 2.05) is 57.2 Å². The van der Waals surface area contributed by atoms with E-state index in [9.17, 15) is 9.59 Å². The summed E-state index contributed by atoms with van der Waals surface area (Å²) in [5.74, 6) is -0.974. The number of anilines is 1. The van der Waals surface area contributed by atoms with Crippen molar-refractivity contribution in [3.8, 4) is 5.69 Å². The van der Waals surface area contributed by atoms with Gasteiger partial charge in [-0.15, -0.1) is 0 Å². The molecule has 0 spiro atoms. The van der Waals surface area contributed by atoms with Crippen LogP contribution >= 0.6 is 0 Å². The molecule has 2 heterocycles. The second-order valence-electron chi connectivity index (χ2n) is 8.08. The number of rotatable bonds is 7. The molecule has 0 atom stereocenters. The number of aromatic nitrogens is 3. The van der Waals surface area contributed by atoms with Crippen molar-refractivity contribution in [2.45, 2.75) is 27.2 Å². The van der Waals surface area contributed by atoms with E-state index in [0.29, 0.717) is 16.9 Å². The van der Waals surface area contributed by atoms with Crippen LogP contribution in [0.15, 0.2) is 48.5 Å². The van der Waals surface area contributed by atoms with Gasteiger partial charge in [0.1, 0.15) is 5.84 Å². The van der Waals surface area contributed by atoms with Crippen molar-refractivity contribution < 1.29 is 14.3 Å². The number of carbonyl (C=O) groups is 2. The fourth-order valence-electron chi connectivity index (χ4n) is 3.95. The molecular weight excluding hydrogens is 432 g/mol. The van der Waals surface area contributed by atoms with Crippen LogP contribution in [0.25, 0.3) is 16.6 Å². The number of esters is 1. The van der Waals surface area contributed by atoms with Gasteiger partial charge in [0, 0.05) is 22.2 Å². The van der Waals surface area contributed by atoms with E-state index in [-0.39, 0.29) is 12.3 Å². The monoisotopic (exact) mass is 458 g/mol. The minimum absolute atomic E-state index is 0.0164. The highest BCUT2D eigenvalue weighted by molar-refractivity contribution is 6.00. The average molecular weight is 459 g/mol. The molecule has 0 radical (unpaired) electrons. The van der Waals surface area contributed by atoms with Gasteiger partial charge >= 0.3 is 5.97 Å². The smallest absolute Gasteiger partial charge is 0.310 e. The summed E-state index contributed by atoms with van der Waals surface area (Å²) in [7, 11) is 0. The Kier molecular flexibility index (Phi) is 6.18. The first-order valence-electron chi connectivity index (χ1n) is 10.8. The Labute approximate surface area is 196 Å². The van der Waals surface area contributed by atoms with Crippen molar-refractivity contribution in [1.29, 1.82) is 5.41 Å². The lowest BCUT2D eigenvalue weighted by Crippen LogP contribution is -2.22. The average Bonchev–Trinajstić information content (AvgIpc) is 3.28. The number of nitrogens with one attached hydrogen (secondary N) is 3. The quantitative estimate of drug-likeness (QED) is 0.191. The van der Waals surface area contributed by atoms with Gasteiger partial charge in [-0.3, -0.25) is 15.0 Å². The topological polar surface area (TPSA) is 139 Å². The summed E-state index contributed by atoms with van der Waals surface area (Å²) in [5, 5.41) is 15.7. The van der Waals surface area contributed by atoms with Crippen LogP contribution in [0.5, 0.6) is 0 Å². The van der Waals surface area contributed by atoms with Crippen molar-refractivity contribution in [3.05, 3.63) is 76.7 Å². The second-order valence-corrected chi connectivity index (χ2v) is 8.08. The van der Waals surface area contributed by atoms with Crippen LogP contribution < -0.4 is 11.1 Å². The third-order valence-electron chi connectivity index (χ3n) is 5.67. The number of hydrogen-bond donors (Lipinski definition) is 4. The number of nitrogens with two attached hydrogens (primary N) is 1. The fraction of sp³-hybridized carbons (Fsp3) is 0.200. The van der Waals surface area contributed by atoms with Crippen LogP contribution in [0.3, 0.4) is 0 Å². The number of nitrogens with zero attached hydrogens (tertiary/aromatic N) is 2. The van der Waals surface area contributed by atoms with Gasteiger partial charge in [0.2, 0.25) is 0 Å². The highest BCUT2D eigenvalue weighted by atomic mass is 16.5. The number of nitrogen functional groups attached to an aromatic ring is 1. The van der Waals surface area contributed by atoms with Gasteiger partial charge in [-0.25, -0.2) is 4.68 Å². The van der Waals surface area contributed by atoms with Gasteiger partial charge < -0.3 is 20.8 Å². The Morgan fingerprint density at radius 3 is 2.59 bits per heavy atom. The maximum absolute atomic E-state index is 12.5. The molecule has 2 aromatic heterocycles. The molecule has 0 fully saturated rings. The number of benzene rings is 2. The summed E-state index contributed by atoms with van der Waals surface area (Å²) >= 11 is 0. The maximum atomic E-state index is 12.5. The van der Waals surface area contributed by atoms with Crippen molar-refractivity contribution in [2.75, 3.05) is 11.9 Å². The zero-order valence-electron chi connectivity index (χ0n) is 19.2. The van der Waals surface area contributed by atoms with Gasteiger partial charge in [0.05, 0.1) is 29.2 Å². The van der Waals surface area contributed by atoms with E-state index >= 15 is 0 Å². The molecule has 2 aromatic carbocycles. The van der Waals surface area contributed by atoms with Crippen LogP contribution in [-0.2, 0) is 20.7 Å². The van der Waals surface area contributed by atoms with Crippen LogP contribution in [0, 0.1) is 26.2 Å². The standard InChI is InChI=1S/C25H26N6O3/c1-14-20(19-10-9-17(25(26)27)11-21(19)28-14)12-23(33)34-13-22(32)29-24-15(2)30-31(16(24)3)18-7-5-4-6-8-18/h4-11,28H,12-13H2,1-3H3,(H3,26,27)(H,29,32). The van der Waals surface area contributed by atoms with Crippen LogP contribution in [-0.4, -0.2) is 39.1 Å². The van der Waals surface area contributed by atoms with Crippen LogP contribution in [0.2, 0.25) is 0 Å². The zero-order valence-corrected chi connectivity index (χ0v) is 19.2. The van der Waals surface area contributed by atoms with Gasteiger partial charge in [-0.05, 0) is 44.5 Å². The Hall–Kier alpha value is -4.40. The Morgan fingerprint density at radius 1 is 1.15 bits per heavy atom. The number of H-pyrrole nitrogens is 1. The molecule has 5 N–H and O–H groups in total. The minimum Gasteiger partial charge on any atom is -0.455 e. The lowest BCUT2D eigenvalue weighted by molar-refractivity contribution is -0.146. The number of para-hydroxylation sites is 1. The van der Waals surface area contributed by atoms with Gasteiger partial charge in [-0.2, -0.15) is 5.10 Å². The van der Waals surface area contributed by atoms with Crippen LogP contribution in [0.1, 0.15) is 28.2 Å². The SMILES string of the molecule is Cc1nn(-c2ccccc2)c(C)c1NC(=O)COC(=O)Cc1c(C)[nH]c2cc(C(=N)N)ccc12. The van der Waals surface area contributed by atoms with E-state index in [4.69, 9.17) is 15.9 Å². The molecule has 1 amide bonds. The first-order valence-corrected chi connectivity index (χ1v) is 10.8. The Morgan fingerprint density at radius 2 is 1.88 bits per heavy atom. The van der Waals surface area contributed by atoms with Gasteiger partial charge in [-0.1, -0.05) is 30.3 Å². The molecule has 9 heteroatoms. The Bertz CT molecular complexity index is 1400. The first kappa shape index (κ1) is 22.8. The largest absolute Gasteiger partial charge is 0.455 e. The number of hydrogen-bond acceptors (Lipinski definition) is 5.